The van der Waals surface area contributed by atoms with Gasteiger partial charge in [-0.15, -0.1) is 0 Å². The van der Waals surface area contributed by atoms with Crippen LogP contribution in [0.1, 0.15) is 45.4 Å². The van der Waals surface area contributed by atoms with Crippen molar-refractivity contribution in [2.45, 2.75) is 51.4 Å². The lowest BCUT2D eigenvalue weighted by atomic mass is 9.77. The summed E-state index contributed by atoms with van der Waals surface area (Å²) in [6, 6.07) is 0. The van der Waals surface area contributed by atoms with Crippen LogP contribution in [-0.4, -0.2) is 12.6 Å². The molecule has 3 heteroatoms. The molecule has 0 N–H and O–H groups in total. The second kappa shape index (κ2) is 5.04. The molecule has 0 aromatic heterocycles. The summed E-state index contributed by atoms with van der Waals surface area (Å²) in [4.78, 5) is 0. The molecule has 0 aliphatic heterocycles. The SMILES string of the molecule is CCCC1CCC(C(F)(F)CF)CC1. The van der Waals surface area contributed by atoms with Crippen LogP contribution in [0.4, 0.5) is 13.2 Å². The number of halogens is 3. The Hall–Kier alpha value is -0.210. The Bertz CT molecular complexity index is 160. The Balaban J connectivity index is 2.35. The summed E-state index contributed by atoms with van der Waals surface area (Å²) in [7, 11) is 0. The average molecular weight is 208 g/mol. The predicted octanol–water partition coefficient (Wildman–Crippen LogP) is 4.20. The Morgan fingerprint density at radius 2 is 1.71 bits per heavy atom. The summed E-state index contributed by atoms with van der Waals surface area (Å²) in [5, 5.41) is 0. The first-order valence-corrected chi connectivity index (χ1v) is 5.54. The third-order valence-electron chi connectivity index (χ3n) is 3.32. The lowest BCUT2D eigenvalue weighted by Crippen LogP contribution is -2.33. The molecule has 0 unspecified atom stereocenters. The Morgan fingerprint density at radius 3 is 2.14 bits per heavy atom. The molecule has 1 aliphatic carbocycles. The topological polar surface area (TPSA) is 0 Å². The molecular weight excluding hydrogens is 189 g/mol. The molecule has 0 spiro atoms. The third kappa shape index (κ3) is 2.89. The largest absolute Gasteiger partial charge is 0.278 e. The van der Waals surface area contributed by atoms with Crippen LogP contribution in [0.5, 0.6) is 0 Å². The van der Waals surface area contributed by atoms with E-state index in [1.54, 1.807) is 0 Å². The Labute approximate surface area is 83.9 Å². The van der Waals surface area contributed by atoms with Gasteiger partial charge in [-0.3, -0.25) is 0 Å². The van der Waals surface area contributed by atoms with Crippen molar-refractivity contribution in [2.24, 2.45) is 11.8 Å². The zero-order valence-corrected chi connectivity index (χ0v) is 8.74. The molecule has 0 atom stereocenters. The van der Waals surface area contributed by atoms with E-state index < -0.39 is 18.5 Å². The van der Waals surface area contributed by atoms with Crippen LogP contribution < -0.4 is 0 Å². The summed E-state index contributed by atoms with van der Waals surface area (Å²) in [5.41, 5.74) is 0. The van der Waals surface area contributed by atoms with Crippen molar-refractivity contribution < 1.29 is 13.2 Å². The fourth-order valence-corrected chi connectivity index (χ4v) is 2.39. The van der Waals surface area contributed by atoms with Crippen molar-refractivity contribution in [3.05, 3.63) is 0 Å². The number of rotatable bonds is 4. The molecule has 0 radical (unpaired) electrons. The molecule has 0 bridgehead atoms. The number of hydrogen-bond acceptors (Lipinski definition) is 0. The van der Waals surface area contributed by atoms with Crippen LogP contribution >= 0.6 is 0 Å². The normalized spacial score (nSPS) is 29.1. The molecule has 14 heavy (non-hydrogen) atoms. The number of alkyl halides is 3. The van der Waals surface area contributed by atoms with Gasteiger partial charge in [0.15, 0.2) is 6.67 Å². The quantitative estimate of drug-likeness (QED) is 0.649. The molecule has 0 amide bonds. The van der Waals surface area contributed by atoms with E-state index in [-0.39, 0.29) is 0 Å². The second-order valence-electron chi connectivity index (χ2n) is 4.40. The van der Waals surface area contributed by atoms with Gasteiger partial charge in [0.05, 0.1) is 0 Å². The Kier molecular flexibility index (Phi) is 4.27. The van der Waals surface area contributed by atoms with E-state index in [0.29, 0.717) is 18.8 Å². The van der Waals surface area contributed by atoms with Crippen molar-refractivity contribution >= 4 is 0 Å². The van der Waals surface area contributed by atoms with E-state index in [1.165, 1.54) is 0 Å². The van der Waals surface area contributed by atoms with Gasteiger partial charge in [0.25, 0.3) is 5.92 Å². The van der Waals surface area contributed by atoms with Gasteiger partial charge < -0.3 is 0 Å². The molecule has 0 aromatic carbocycles. The molecule has 0 nitrogen and oxygen atoms in total. The minimum Gasteiger partial charge on any atom is -0.244 e. The summed E-state index contributed by atoms with van der Waals surface area (Å²) in [5.74, 6) is -3.18. The minimum absolute atomic E-state index is 0.502. The summed E-state index contributed by atoms with van der Waals surface area (Å²) in [6.45, 7) is 0.623. The van der Waals surface area contributed by atoms with E-state index in [2.05, 4.69) is 6.92 Å². The van der Waals surface area contributed by atoms with Crippen LogP contribution in [0, 0.1) is 11.8 Å². The second-order valence-corrected chi connectivity index (χ2v) is 4.40. The number of hydrogen-bond donors (Lipinski definition) is 0. The zero-order chi connectivity index (χ0) is 10.6. The lowest BCUT2D eigenvalue weighted by Gasteiger charge is -2.32. The molecule has 1 fully saturated rings. The van der Waals surface area contributed by atoms with Crippen molar-refractivity contribution in [2.75, 3.05) is 6.67 Å². The smallest absolute Gasteiger partial charge is 0.244 e. The first-order chi connectivity index (χ1) is 6.60. The monoisotopic (exact) mass is 208 g/mol. The highest BCUT2D eigenvalue weighted by molar-refractivity contribution is 4.82. The fourth-order valence-electron chi connectivity index (χ4n) is 2.39. The average Bonchev–Trinajstić information content (AvgIpc) is 2.19. The van der Waals surface area contributed by atoms with Crippen LogP contribution in [0.15, 0.2) is 0 Å². The van der Waals surface area contributed by atoms with Gasteiger partial charge in [0.1, 0.15) is 0 Å². The molecule has 0 saturated heterocycles. The molecule has 1 saturated carbocycles. The molecule has 0 heterocycles. The van der Waals surface area contributed by atoms with Gasteiger partial charge in [0, 0.05) is 5.92 Å². The molecule has 0 aromatic rings. The van der Waals surface area contributed by atoms with E-state index in [9.17, 15) is 13.2 Å². The van der Waals surface area contributed by atoms with Gasteiger partial charge in [-0.05, 0) is 31.6 Å². The van der Waals surface area contributed by atoms with Crippen molar-refractivity contribution in [1.82, 2.24) is 0 Å². The van der Waals surface area contributed by atoms with Crippen LogP contribution in [0.3, 0.4) is 0 Å². The lowest BCUT2D eigenvalue weighted by molar-refractivity contribution is -0.0910. The van der Waals surface area contributed by atoms with E-state index >= 15 is 0 Å². The van der Waals surface area contributed by atoms with Crippen molar-refractivity contribution in [1.29, 1.82) is 0 Å². The standard InChI is InChI=1S/C11H19F3/c1-2-3-9-4-6-10(7-5-9)11(13,14)8-12/h9-10H,2-8H2,1H3. The summed E-state index contributed by atoms with van der Waals surface area (Å²) in [6.07, 6.45) is 4.97. The maximum absolute atomic E-state index is 13.0. The highest BCUT2D eigenvalue weighted by atomic mass is 19.3. The molecule has 1 aliphatic rings. The first-order valence-electron chi connectivity index (χ1n) is 5.54. The van der Waals surface area contributed by atoms with E-state index in [1.807, 2.05) is 0 Å². The maximum Gasteiger partial charge on any atom is 0.278 e. The van der Waals surface area contributed by atoms with Crippen molar-refractivity contribution in [3.8, 4) is 0 Å². The van der Waals surface area contributed by atoms with Gasteiger partial charge in [-0.1, -0.05) is 19.8 Å². The van der Waals surface area contributed by atoms with Crippen LogP contribution in [-0.2, 0) is 0 Å². The van der Waals surface area contributed by atoms with E-state index in [4.69, 9.17) is 0 Å². The summed E-state index contributed by atoms with van der Waals surface area (Å²) >= 11 is 0. The van der Waals surface area contributed by atoms with Gasteiger partial charge in [0.2, 0.25) is 0 Å². The third-order valence-corrected chi connectivity index (χ3v) is 3.32. The van der Waals surface area contributed by atoms with Gasteiger partial charge in [-0.25, -0.2) is 13.2 Å². The Morgan fingerprint density at radius 1 is 1.14 bits per heavy atom. The van der Waals surface area contributed by atoms with Crippen molar-refractivity contribution in [3.63, 3.8) is 0 Å². The highest BCUT2D eigenvalue weighted by Gasteiger charge is 2.41. The fraction of sp³-hybridized carbons (Fsp3) is 1.00. The minimum atomic E-state index is -3.07. The maximum atomic E-state index is 13.0. The highest BCUT2D eigenvalue weighted by Crippen LogP contribution is 2.40. The zero-order valence-electron chi connectivity index (χ0n) is 8.74. The van der Waals surface area contributed by atoms with Gasteiger partial charge in [-0.2, -0.15) is 0 Å². The predicted molar refractivity (Wildman–Crippen MR) is 51.3 cm³/mol. The van der Waals surface area contributed by atoms with Gasteiger partial charge >= 0.3 is 0 Å². The van der Waals surface area contributed by atoms with E-state index in [0.717, 1.165) is 25.7 Å². The first kappa shape index (κ1) is 11.9. The van der Waals surface area contributed by atoms with Crippen LogP contribution in [0.25, 0.3) is 0 Å². The summed E-state index contributed by atoms with van der Waals surface area (Å²) < 4.78 is 38.0. The van der Waals surface area contributed by atoms with Crippen LogP contribution in [0.2, 0.25) is 0 Å². The molecule has 84 valence electrons. The molecule has 1 rings (SSSR count). The molecular formula is C11H19F3.